The van der Waals surface area contributed by atoms with E-state index in [0.717, 1.165) is 19.3 Å². The molecule has 2 fully saturated rings. The minimum atomic E-state index is -0.613. The van der Waals surface area contributed by atoms with Crippen LogP contribution in [0.3, 0.4) is 0 Å². The van der Waals surface area contributed by atoms with Crippen LogP contribution < -0.4 is 0 Å². The lowest BCUT2D eigenvalue weighted by molar-refractivity contribution is 0.136. The van der Waals surface area contributed by atoms with Crippen molar-refractivity contribution in [1.82, 2.24) is 0 Å². The molecule has 0 aromatic carbocycles. The van der Waals surface area contributed by atoms with Crippen LogP contribution in [0.1, 0.15) is 32.6 Å². The van der Waals surface area contributed by atoms with Crippen molar-refractivity contribution in [2.75, 3.05) is 0 Å². The zero-order valence-corrected chi connectivity index (χ0v) is 11.7. The van der Waals surface area contributed by atoms with Crippen LogP contribution in [0.25, 0.3) is 9.69 Å². The number of nitriles is 2. The highest BCUT2D eigenvalue weighted by Crippen LogP contribution is 2.54. The lowest BCUT2D eigenvalue weighted by Gasteiger charge is -2.35. The predicted octanol–water partition coefficient (Wildman–Crippen LogP) is 3.30. The Hall–Kier alpha value is -2.04. The van der Waals surface area contributed by atoms with Crippen molar-refractivity contribution in [3.8, 4) is 12.1 Å². The second-order valence-electron chi connectivity index (χ2n) is 6.12. The maximum Gasteiger partial charge on any atom is 0.310 e. The molecule has 0 aromatic heterocycles. The molecule has 2 rings (SSSR count). The van der Waals surface area contributed by atoms with Gasteiger partial charge in [-0.25, -0.2) is 13.1 Å². The highest BCUT2D eigenvalue weighted by Gasteiger charge is 2.55. The van der Waals surface area contributed by atoms with E-state index in [4.69, 9.17) is 13.1 Å². The van der Waals surface area contributed by atoms with Crippen molar-refractivity contribution in [3.05, 3.63) is 22.8 Å². The molecule has 0 bridgehead atoms. The van der Waals surface area contributed by atoms with Gasteiger partial charge in [-0.05, 0) is 30.6 Å². The summed E-state index contributed by atoms with van der Waals surface area (Å²) in [4.78, 5) is 6.97. The Kier molecular flexibility index (Phi) is 4.27. The molecule has 4 heteroatoms. The van der Waals surface area contributed by atoms with Crippen molar-refractivity contribution < 1.29 is 0 Å². The molecule has 0 heterocycles. The zero-order chi connectivity index (χ0) is 14.7. The minimum Gasteiger partial charge on any atom is -0.297 e. The molecule has 102 valence electrons. The minimum absolute atomic E-state index is 0.0420. The van der Waals surface area contributed by atoms with E-state index in [1.807, 2.05) is 0 Å². The summed E-state index contributed by atoms with van der Waals surface area (Å²) < 4.78 is 0. The SMILES string of the molecule is [C-]#[N+]C(C#N)C1CC(C(C#N)[N+]#[C-])C2C(C)CCCC12. The third-order valence-electron chi connectivity index (χ3n) is 5.29. The Labute approximate surface area is 120 Å². The second-order valence-corrected chi connectivity index (χ2v) is 6.12. The average Bonchev–Trinajstić information content (AvgIpc) is 2.83. The van der Waals surface area contributed by atoms with Crippen molar-refractivity contribution in [2.24, 2.45) is 29.6 Å². The van der Waals surface area contributed by atoms with E-state index >= 15 is 0 Å². The molecule has 20 heavy (non-hydrogen) atoms. The van der Waals surface area contributed by atoms with Crippen molar-refractivity contribution in [2.45, 2.75) is 44.7 Å². The van der Waals surface area contributed by atoms with Gasteiger partial charge in [-0.3, -0.25) is 9.69 Å². The fourth-order valence-electron chi connectivity index (χ4n) is 4.51. The quantitative estimate of drug-likeness (QED) is 0.720. The molecule has 0 N–H and O–H groups in total. The summed E-state index contributed by atoms with van der Waals surface area (Å²) in [5.74, 6) is 1.27. The molecule has 4 nitrogen and oxygen atoms in total. The first-order valence-electron chi connectivity index (χ1n) is 7.20. The summed E-state index contributed by atoms with van der Waals surface area (Å²) in [5.41, 5.74) is 0. The lowest BCUT2D eigenvalue weighted by atomic mass is 9.68. The lowest BCUT2D eigenvalue weighted by Crippen LogP contribution is -2.33. The molecule has 0 aromatic rings. The van der Waals surface area contributed by atoms with E-state index < -0.39 is 12.1 Å². The van der Waals surface area contributed by atoms with Gasteiger partial charge in [0.05, 0.1) is 11.8 Å². The van der Waals surface area contributed by atoms with Gasteiger partial charge in [0, 0.05) is 0 Å². The van der Waals surface area contributed by atoms with Crippen LogP contribution in [0.5, 0.6) is 0 Å². The van der Waals surface area contributed by atoms with Crippen LogP contribution >= 0.6 is 0 Å². The molecule has 0 saturated heterocycles. The molecule has 2 aliphatic carbocycles. The third-order valence-corrected chi connectivity index (χ3v) is 5.29. The molecule has 7 atom stereocenters. The number of hydrogen-bond donors (Lipinski definition) is 0. The van der Waals surface area contributed by atoms with Gasteiger partial charge in [-0.2, -0.15) is 10.5 Å². The van der Waals surface area contributed by atoms with Gasteiger partial charge in [-0.1, -0.05) is 19.8 Å². The van der Waals surface area contributed by atoms with E-state index in [2.05, 4.69) is 28.8 Å². The van der Waals surface area contributed by atoms with Gasteiger partial charge in [0.2, 0.25) is 0 Å². The summed E-state index contributed by atoms with van der Waals surface area (Å²) in [5, 5.41) is 18.4. The normalized spacial score (nSPS) is 38.4. The average molecular weight is 266 g/mol. The van der Waals surface area contributed by atoms with Gasteiger partial charge in [0.15, 0.2) is 12.1 Å². The Balaban J connectivity index is 2.33. The number of fused-ring (bicyclic) bond motifs is 1. The summed E-state index contributed by atoms with van der Waals surface area (Å²) >= 11 is 0. The summed E-state index contributed by atoms with van der Waals surface area (Å²) in [6, 6.07) is 3.03. The zero-order valence-electron chi connectivity index (χ0n) is 11.7. The van der Waals surface area contributed by atoms with Gasteiger partial charge in [0.25, 0.3) is 0 Å². The van der Waals surface area contributed by atoms with E-state index in [9.17, 15) is 10.5 Å². The first-order valence-corrected chi connectivity index (χ1v) is 7.20. The van der Waals surface area contributed by atoms with Crippen LogP contribution in [0.4, 0.5) is 0 Å². The Morgan fingerprint density at radius 2 is 1.65 bits per heavy atom. The largest absolute Gasteiger partial charge is 0.310 e. The summed E-state index contributed by atoms with van der Waals surface area (Å²) in [6.07, 6.45) is 4.01. The van der Waals surface area contributed by atoms with Crippen LogP contribution in [-0.2, 0) is 0 Å². The Morgan fingerprint density at radius 1 is 1.05 bits per heavy atom. The fraction of sp³-hybridized carbons (Fsp3) is 0.750. The number of rotatable bonds is 2. The topological polar surface area (TPSA) is 56.3 Å². The Morgan fingerprint density at radius 3 is 2.20 bits per heavy atom. The number of nitrogens with zero attached hydrogens (tertiary/aromatic N) is 4. The number of hydrogen-bond acceptors (Lipinski definition) is 2. The molecular formula is C16H18N4. The Bertz CT molecular complexity index is 499. The standard InChI is InChI=1S/C16H18N4/c1-10-5-4-6-11-12(14(8-17)19-2)7-13(16(10)11)15(9-18)20-3/h10-16H,4-7H2,1H3. The van der Waals surface area contributed by atoms with Crippen molar-refractivity contribution >= 4 is 0 Å². The highest BCUT2D eigenvalue weighted by atomic mass is 14.8. The molecule has 0 amide bonds. The molecule has 0 aliphatic heterocycles. The first kappa shape index (κ1) is 14.4. The van der Waals surface area contributed by atoms with Crippen LogP contribution in [0, 0.1) is 65.4 Å². The molecule has 2 saturated carbocycles. The van der Waals surface area contributed by atoms with E-state index in [1.54, 1.807) is 0 Å². The van der Waals surface area contributed by atoms with Gasteiger partial charge in [0.1, 0.15) is 0 Å². The van der Waals surface area contributed by atoms with Crippen molar-refractivity contribution in [1.29, 1.82) is 10.5 Å². The third kappa shape index (κ3) is 2.24. The summed E-state index contributed by atoms with van der Waals surface area (Å²) in [6.45, 7) is 16.7. The van der Waals surface area contributed by atoms with Gasteiger partial charge >= 0.3 is 12.1 Å². The van der Waals surface area contributed by atoms with Gasteiger partial charge < -0.3 is 0 Å². The molecular weight excluding hydrogens is 248 g/mol. The first-order chi connectivity index (χ1) is 9.67. The fourth-order valence-corrected chi connectivity index (χ4v) is 4.51. The monoisotopic (exact) mass is 266 g/mol. The van der Waals surface area contributed by atoms with Crippen LogP contribution in [-0.4, -0.2) is 12.1 Å². The molecule has 0 radical (unpaired) electrons. The van der Waals surface area contributed by atoms with E-state index in [0.29, 0.717) is 24.2 Å². The predicted molar refractivity (Wildman–Crippen MR) is 73.6 cm³/mol. The maximum atomic E-state index is 9.21. The van der Waals surface area contributed by atoms with Crippen LogP contribution in [0.2, 0.25) is 0 Å². The van der Waals surface area contributed by atoms with E-state index in [-0.39, 0.29) is 11.8 Å². The maximum absolute atomic E-state index is 9.21. The van der Waals surface area contributed by atoms with Crippen molar-refractivity contribution in [3.63, 3.8) is 0 Å². The smallest absolute Gasteiger partial charge is 0.297 e. The summed E-state index contributed by atoms with van der Waals surface area (Å²) in [7, 11) is 0. The molecule has 0 spiro atoms. The molecule has 2 aliphatic rings. The second kappa shape index (κ2) is 5.94. The molecule has 7 unspecified atom stereocenters. The van der Waals surface area contributed by atoms with Crippen LogP contribution in [0.15, 0.2) is 0 Å². The highest BCUT2D eigenvalue weighted by molar-refractivity contribution is 5.15. The van der Waals surface area contributed by atoms with Gasteiger partial charge in [-0.15, -0.1) is 0 Å². The van der Waals surface area contributed by atoms with E-state index in [1.165, 1.54) is 0 Å².